The molecule has 3 aromatic carbocycles. The molecule has 0 radical (unpaired) electrons. The molecule has 0 aliphatic rings. The number of amides is 1. The van der Waals surface area contributed by atoms with E-state index in [1.54, 1.807) is 37.6 Å². The molecule has 0 aliphatic carbocycles. The molecule has 0 fully saturated rings. The molecule has 0 aromatic heterocycles. The van der Waals surface area contributed by atoms with Crippen LogP contribution in [0.5, 0.6) is 11.5 Å². The van der Waals surface area contributed by atoms with Crippen molar-refractivity contribution in [2.45, 2.75) is 13.5 Å². The maximum atomic E-state index is 12.2. The number of hydrogen-bond acceptors (Lipinski definition) is 4. The average Bonchev–Trinajstić information content (AvgIpc) is 2.74. The van der Waals surface area contributed by atoms with E-state index in [4.69, 9.17) is 9.47 Å². The first-order valence-corrected chi connectivity index (χ1v) is 8.90. The van der Waals surface area contributed by atoms with Crippen molar-refractivity contribution in [2.75, 3.05) is 7.11 Å². The van der Waals surface area contributed by atoms with E-state index in [1.165, 1.54) is 5.56 Å². The lowest BCUT2D eigenvalue weighted by molar-refractivity contribution is 0.0955. The highest BCUT2D eigenvalue weighted by Crippen LogP contribution is 2.15. The number of hydrogen-bond donors (Lipinski definition) is 1. The van der Waals surface area contributed by atoms with E-state index in [1.807, 2.05) is 36.4 Å². The van der Waals surface area contributed by atoms with Crippen molar-refractivity contribution >= 4 is 12.1 Å². The Kier molecular flexibility index (Phi) is 6.41. The Morgan fingerprint density at radius 2 is 1.57 bits per heavy atom. The number of methoxy groups -OCH3 is 1. The summed E-state index contributed by atoms with van der Waals surface area (Å²) in [5.74, 6) is 1.19. The van der Waals surface area contributed by atoms with Gasteiger partial charge in [-0.1, -0.05) is 29.8 Å². The van der Waals surface area contributed by atoms with E-state index in [2.05, 4.69) is 29.6 Å². The minimum atomic E-state index is -0.283. The van der Waals surface area contributed by atoms with Gasteiger partial charge in [0.15, 0.2) is 0 Å². The van der Waals surface area contributed by atoms with Crippen LogP contribution in [0, 0.1) is 6.92 Å². The molecule has 0 bridgehead atoms. The predicted molar refractivity (Wildman–Crippen MR) is 110 cm³/mol. The summed E-state index contributed by atoms with van der Waals surface area (Å²) in [6.45, 7) is 2.54. The summed E-state index contributed by atoms with van der Waals surface area (Å²) in [4.78, 5) is 12.2. The van der Waals surface area contributed by atoms with Gasteiger partial charge in [-0.25, -0.2) is 5.43 Å². The van der Waals surface area contributed by atoms with Crippen LogP contribution in [0.25, 0.3) is 0 Å². The second-order valence-corrected chi connectivity index (χ2v) is 6.27. The van der Waals surface area contributed by atoms with Gasteiger partial charge in [0.1, 0.15) is 18.1 Å². The summed E-state index contributed by atoms with van der Waals surface area (Å²) >= 11 is 0. The van der Waals surface area contributed by atoms with E-state index in [9.17, 15) is 4.79 Å². The van der Waals surface area contributed by atoms with Gasteiger partial charge in [-0.3, -0.25) is 4.79 Å². The summed E-state index contributed by atoms with van der Waals surface area (Å²) in [7, 11) is 1.61. The van der Waals surface area contributed by atoms with Crippen LogP contribution >= 0.6 is 0 Å². The van der Waals surface area contributed by atoms with E-state index < -0.39 is 0 Å². The molecule has 1 amide bonds. The van der Waals surface area contributed by atoms with Crippen molar-refractivity contribution in [3.05, 3.63) is 95.1 Å². The van der Waals surface area contributed by atoms with Gasteiger partial charge >= 0.3 is 0 Å². The van der Waals surface area contributed by atoms with Crippen LogP contribution < -0.4 is 14.9 Å². The maximum absolute atomic E-state index is 12.2. The van der Waals surface area contributed by atoms with Crippen molar-refractivity contribution in [1.82, 2.24) is 5.43 Å². The molecule has 0 aliphatic heterocycles. The van der Waals surface area contributed by atoms with Crippen molar-refractivity contribution in [3.8, 4) is 11.5 Å². The molecular formula is C23H22N2O3. The summed E-state index contributed by atoms with van der Waals surface area (Å²) in [6, 6.07) is 22.5. The Labute approximate surface area is 164 Å². The number of nitrogens with zero attached hydrogens (tertiary/aromatic N) is 1. The molecule has 3 aromatic rings. The van der Waals surface area contributed by atoms with E-state index in [0.717, 1.165) is 16.9 Å². The number of benzene rings is 3. The van der Waals surface area contributed by atoms with Gasteiger partial charge in [-0.15, -0.1) is 0 Å². The third kappa shape index (κ3) is 5.45. The van der Waals surface area contributed by atoms with Gasteiger partial charge < -0.3 is 9.47 Å². The maximum Gasteiger partial charge on any atom is 0.271 e. The Balaban J connectivity index is 1.51. The highest BCUT2D eigenvalue weighted by atomic mass is 16.5. The van der Waals surface area contributed by atoms with Crippen molar-refractivity contribution in [2.24, 2.45) is 5.10 Å². The van der Waals surface area contributed by atoms with Crippen LogP contribution in [-0.2, 0) is 6.61 Å². The quantitative estimate of drug-likeness (QED) is 0.494. The fourth-order valence-corrected chi connectivity index (χ4v) is 2.47. The number of aryl methyl sites for hydroxylation is 1. The molecule has 142 valence electrons. The predicted octanol–water partition coefficient (Wildman–Crippen LogP) is 4.35. The fraction of sp³-hybridized carbons (Fsp3) is 0.130. The SMILES string of the molecule is COc1ccc(C=NNC(=O)c2ccc(OCc3ccc(C)cc3)cc2)cc1. The topological polar surface area (TPSA) is 59.9 Å². The lowest BCUT2D eigenvalue weighted by atomic mass is 10.2. The third-order valence-electron chi connectivity index (χ3n) is 4.14. The number of nitrogens with one attached hydrogen (secondary N) is 1. The smallest absolute Gasteiger partial charge is 0.271 e. The summed E-state index contributed by atoms with van der Waals surface area (Å²) in [6.07, 6.45) is 1.58. The Morgan fingerprint density at radius 3 is 2.21 bits per heavy atom. The number of rotatable bonds is 7. The molecule has 0 atom stereocenters. The molecule has 1 N–H and O–H groups in total. The minimum Gasteiger partial charge on any atom is -0.497 e. The average molecular weight is 374 g/mol. The first-order valence-electron chi connectivity index (χ1n) is 8.90. The summed E-state index contributed by atoms with van der Waals surface area (Å²) in [5, 5.41) is 3.98. The molecule has 0 heterocycles. The third-order valence-corrected chi connectivity index (χ3v) is 4.14. The first kappa shape index (κ1) is 19.2. The molecule has 0 unspecified atom stereocenters. The Bertz CT molecular complexity index is 931. The van der Waals surface area contributed by atoms with Crippen molar-refractivity contribution in [1.29, 1.82) is 0 Å². The monoisotopic (exact) mass is 374 g/mol. The molecule has 0 spiro atoms. The first-order chi connectivity index (χ1) is 13.6. The molecule has 5 heteroatoms. The van der Waals surface area contributed by atoms with Gasteiger partial charge in [-0.2, -0.15) is 5.10 Å². The number of carbonyl (C=O) groups is 1. The zero-order chi connectivity index (χ0) is 19.8. The molecule has 0 saturated heterocycles. The summed E-state index contributed by atoms with van der Waals surface area (Å²) < 4.78 is 10.9. The molecule has 0 saturated carbocycles. The second-order valence-electron chi connectivity index (χ2n) is 6.27. The lowest BCUT2D eigenvalue weighted by Crippen LogP contribution is -2.17. The van der Waals surface area contributed by atoms with Gasteiger partial charge in [0.05, 0.1) is 13.3 Å². The second kappa shape index (κ2) is 9.37. The van der Waals surface area contributed by atoms with Crippen LogP contribution in [0.1, 0.15) is 27.0 Å². The highest BCUT2D eigenvalue weighted by Gasteiger charge is 2.04. The van der Waals surface area contributed by atoms with E-state index in [-0.39, 0.29) is 5.91 Å². The Morgan fingerprint density at radius 1 is 0.929 bits per heavy atom. The van der Waals surface area contributed by atoms with E-state index >= 15 is 0 Å². The number of hydrazone groups is 1. The van der Waals surface area contributed by atoms with Gasteiger partial charge in [0.25, 0.3) is 5.91 Å². The molecule has 5 nitrogen and oxygen atoms in total. The van der Waals surface area contributed by atoms with E-state index in [0.29, 0.717) is 17.9 Å². The normalized spacial score (nSPS) is 10.6. The van der Waals surface area contributed by atoms with Gasteiger partial charge in [0.2, 0.25) is 0 Å². The summed E-state index contributed by atoms with van der Waals surface area (Å²) in [5.41, 5.74) is 6.20. The largest absolute Gasteiger partial charge is 0.497 e. The number of ether oxygens (including phenoxy) is 2. The molecule has 3 rings (SSSR count). The van der Waals surface area contributed by atoms with Gasteiger partial charge in [-0.05, 0) is 66.6 Å². The zero-order valence-electron chi connectivity index (χ0n) is 15.9. The highest BCUT2D eigenvalue weighted by molar-refractivity contribution is 5.95. The fourth-order valence-electron chi connectivity index (χ4n) is 2.47. The zero-order valence-corrected chi connectivity index (χ0v) is 15.9. The minimum absolute atomic E-state index is 0.283. The van der Waals surface area contributed by atoms with Crippen molar-refractivity contribution < 1.29 is 14.3 Å². The standard InChI is InChI=1S/C23H22N2O3/c1-17-3-5-19(6-4-17)16-28-22-13-9-20(10-14-22)23(26)25-24-15-18-7-11-21(27-2)12-8-18/h3-15H,16H2,1-2H3,(H,25,26). The van der Waals surface area contributed by atoms with Crippen molar-refractivity contribution in [3.63, 3.8) is 0 Å². The molecule has 28 heavy (non-hydrogen) atoms. The van der Waals surface area contributed by atoms with Crippen LogP contribution in [0.2, 0.25) is 0 Å². The van der Waals surface area contributed by atoms with Gasteiger partial charge in [0, 0.05) is 5.56 Å². The lowest BCUT2D eigenvalue weighted by Gasteiger charge is -2.07. The Hall–Kier alpha value is -3.60. The van der Waals surface area contributed by atoms with Crippen LogP contribution in [-0.4, -0.2) is 19.2 Å². The van der Waals surface area contributed by atoms with Crippen LogP contribution in [0.15, 0.2) is 77.9 Å². The van der Waals surface area contributed by atoms with Crippen LogP contribution in [0.3, 0.4) is 0 Å². The molecular weight excluding hydrogens is 352 g/mol. The van der Waals surface area contributed by atoms with Crippen LogP contribution in [0.4, 0.5) is 0 Å². The number of carbonyl (C=O) groups excluding carboxylic acids is 1.